The second kappa shape index (κ2) is 11.3. The molecule has 38 heavy (non-hydrogen) atoms. The Bertz CT molecular complexity index is 1240. The molecule has 0 aliphatic heterocycles. The van der Waals surface area contributed by atoms with Gasteiger partial charge in [-0.15, -0.1) is 0 Å². The summed E-state index contributed by atoms with van der Waals surface area (Å²) in [5.74, 6) is -0.912. The summed E-state index contributed by atoms with van der Waals surface area (Å²) >= 11 is 5.69. The third-order valence-electron chi connectivity index (χ3n) is 8.52. The summed E-state index contributed by atoms with van der Waals surface area (Å²) in [7, 11) is 0. The molecule has 202 valence electrons. The Morgan fingerprint density at radius 2 is 1.29 bits per heavy atom. The zero-order valence-electron chi connectivity index (χ0n) is 21.5. The summed E-state index contributed by atoms with van der Waals surface area (Å²) in [6, 6.07) is 16.3. The van der Waals surface area contributed by atoms with Crippen molar-refractivity contribution in [2.75, 3.05) is 0 Å². The molecule has 0 atom stereocenters. The third kappa shape index (κ3) is 6.03. The van der Waals surface area contributed by atoms with Crippen LogP contribution in [0.4, 0.5) is 17.6 Å². The number of rotatable bonds is 6. The minimum atomic E-state index is -3.41. The van der Waals surface area contributed by atoms with Crippen molar-refractivity contribution in [3.05, 3.63) is 88.4 Å². The van der Waals surface area contributed by atoms with Crippen molar-refractivity contribution >= 4 is 11.6 Å². The Labute approximate surface area is 227 Å². The van der Waals surface area contributed by atoms with Crippen molar-refractivity contribution in [1.29, 1.82) is 0 Å². The predicted octanol–water partition coefficient (Wildman–Crippen LogP) is 10.5. The van der Waals surface area contributed by atoms with E-state index in [0.717, 1.165) is 18.1 Å². The van der Waals surface area contributed by atoms with Crippen LogP contribution in [0.2, 0.25) is 5.02 Å². The van der Waals surface area contributed by atoms with Gasteiger partial charge in [-0.05, 0) is 97.2 Å². The lowest BCUT2D eigenvalue weighted by Crippen LogP contribution is -2.37. The van der Waals surface area contributed by atoms with E-state index in [4.69, 9.17) is 16.3 Å². The zero-order valence-corrected chi connectivity index (χ0v) is 22.3. The van der Waals surface area contributed by atoms with Crippen LogP contribution < -0.4 is 4.74 Å². The Kier molecular flexibility index (Phi) is 8.04. The van der Waals surface area contributed by atoms with Gasteiger partial charge in [0.15, 0.2) is 0 Å². The van der Waals surface area contributed by atoms with E-state index in [-0.39, 0.29) is 27.8 Å². The molecule has 2 aliphatic rings. The van der Waals surface area contributed by atoms with Crippen LogP contribution in [0.15, 0.2) is 60.7 Å². The molecule has 0 radical (unpaired) electrons. The molecule has 3 aromatic rings. The average Bonchev–Trinajstić information content (AvgIpc) is 2.91. The van der Waals surface area contributed by atoms with Gasteiger partial charge in [-0.2, -0.15) is 8.78 Å². The van der Waals surface area contributed by atoms with Crippen molar-refractivity contribution in [3.63, 3.8) is 0 Å². The molecule has 0 unspecified atom stereocenters. The van der Waals surface area contributed by atoms with Crippen molar-refractivity contribution < 1.29 is 22.3 Å². The molecule has 6 heteroatoms. The summed E-state index contributed by atoms with van der Waals surface area (Å²) in [5.41, 5.74) is 2.97. The molecule has 0 amide bonds. The monoisotopic (exact) mass is 544 g/mol. The standard InChI is InChI=1S/C32H33ClF4O/c1-20-2-4-21(5-3-20)22-6-8-23(9-7-22)24-10-13-26(14-11-24)32(36,37)38-27-15-16-28(30(34)19-27)25-12-17-29(33)31(35)18-25/h6-9,12,15-21,24,26H,2-5,10-11,13-14H2,1H3. The van der Waals surface area contributed by atoms with Crippen molar-refractivity contribution in [2.45, 2.75) is 76.2 Å². The molecule has 2 aliphatic carbocycles. The molecule has 2 fully saturated rings. The van der Waals surface area contributed by atoms with Gasteiger partial charge >= 0.3 is 6.11 Å². The van der Waals surface area contributed by atoms with Crippen LogP contribution in [0.3, 0.4) is 0 Å². The summed E-state index contributed by atoms with van der Waals surface area (Å²) in [6.45, 7) is 2.32. The maximum atomic E-state index is 15.1. The highest BCUT2D eigenvalue weighted by Crippen LogP contribution is 2.44. The largest absolute Gasteiger partial charge is 0.432 e. The lowest BCUT2D eigenvalue weighted by molar-refractivity contribution is -0.222. The number of halogens is 5. The van der Waals surface area contributed by atoms with Crippen LogP contribution in [0.25, 0.3) is 11.1 Å². The van der Waals surface area contributed by atoms with Gasteiger partial charge in [-0.25, -0.2) is 8.78 Å². The summed E-state index contributed by atoms with van der Waals surface area (Å²) in [5, 5.41) is -0.0744. The lowest BCUT2D eigenvalue weighted by atomic mass is 9.76. The fourth-order valence-electron chi connectivity index (χ4n) is 6.09. The van der Waals surface area contributed by atoms with Gasteiger partial charge in [0.25, 0.3) is 0 Å². The molecule has 0 aromatic heterocycles. The molecular formula is C32H33ClF4O. The van der Waals surface area contributed by atoms with Gasteiger partial charge in [0.1, 0.15) is 17.4 Å². The van der Waals surface area contributed by atoms with Crippen LogP contribution in [0, 0.1) is 23.5 Å². The summed E-state index contributed by atoms with van der Waals surface area (Å²) in [6.07, 6.45) is 3.65. The minimum Gasteiger partial charge on any atom is -0.432 e. The topological polar surface area (TPSA) is 9.23 Å². The van der Waals surface area contributed by atoms with Gasteiger partial charge in [-0.3, -0.25) is 0 Å². The highest BCUT2D eigenvalue weighted by molar-refractivity contribution is 6.30. The highest BCUT2D eigenvalue weighted by Gasteiger charge is 2.44. The van der Waals surface area contributed by atoms with Crippen LogP contribution in [-0.4, -0.2) is 6.11 Å². The molecule has 0 N–H and O–H groups in total. The number of hydrogen-bond donors (Lipinski definition) is 0. The van der Waals surface area contributed by atoms with Crippen LogP contribution in [0.5, 0.6) is 5.75 Å². The van der Waals surface area contributed by atoms with Gasteiger partial charge < -0.3 is 4.74 Å². The third-order valence-corrected chi connectivity index (χ3v) is 8.83. The number of alkyl halides is 2. The number of hydrogen-bond acceptors (Lipinski definition) is 1. The van der Waals surface area contributed by atoms with E-state index < -0.39 is 23.7 Å². The Hall–Kier alpha value is -2.53. The normalized spacial score (nSPS) is 24.3. The zero-order chi connectivity index (χ0) is 26.9. The summed E-state index contributed by atoms with van der Waals surface area (Å²) < 4.78 is 63.6. The van der Waals surface area contributed by atoms with Gasteiger partial charge in [0.05, 0.1) is 10.9 Å². The molecule has 0 spiro atoms. The van der Waals surface area contributed by atoms with Gasteiger partial charge in [-0.1, -0.05) is 61.7 Å². The van der Waals surface area contributed by atoms with E-state index >= 15 is 8.78 Å². The maximum Gasteiger partial charge on any atom is 0.400 e. The van der Waals surface area contributed by atoms with E-state index in [2.05, 4.69) is 31.2 Å². The summed E-state index contributed by atoms with van der Waals surface area (Å²) in [4.78, 5) is 0. The molecule has 1 nitrogen and oxygen atoms in total. The van der Waals surface area contributed by atoms with E-state index in [1.54, 1.807) is 0 Å². The first-order valence-electron chi connectivity index (χ1n) is 13.6. The SMILES string of the molecule is CC1CCC(c2ccc(C3CCC(C(F)(F)Oc4ccc(-c5ccc(Cl)c(F)c5)c(F)c4)CC3)cc2)CC1. The Morgan fingerprint density at radius 1 is 0.711 bits per heavy atom. The van der Waals surface area contributed by atoms with Crippen molar-refractivity contribution in [1.82, 2.24) is 0 Å². The number of ether oxygens (including phenoxy) is 1. The predicted molar refractivity (Wildman–Crippen MR) is 144 cm³/mol. The molecule has 5 rings (SSSR count). The molecular weight excluding hydrogens is 512 g/mol. The molecule has 3 aromatic carbocycles. The smallest absolute Gasteiger partial charge is 0.400 e. The van der Waals surface area contributed by atoms with E-state index in [0.29, 0.717) is 31.6 Å². The molecule has 2 saturated carbocycles. The fraction of sp³-hybridized carbons (Fsp3) is 0.438. The molecule has 0 saturated heterocycles. The average molecular weight is 545 g/mol. The maximum absolute atomic E-state index is 15.1. The second-order valence-corrected chi connectivity index (χ2v) is 11.5. The minimum absolute atomic E-state index is 0.0744. The van der Waals surface area contributed by atoms with Crippen molar-refractivity contribution in [3.8, 4) is 16.9 Å². The fourth-order valence-corrected chi connectivity index (χ4v) is 6.21. The first-order chi connectivity index (χ1) is 18.2. The van der Waals surface area contributed by atoms with Gasteiger partial charge in [0, 0.05) is 11.6 Å². The molecule has 0 bridgehead atoms. The lowest BCUT2D eigenvalue weighted by Gasteiger charge is -2.33. The Morgan fingerprint density at radius 3 is 1.84 bits per heavy atom. The Balaban J connectivity index is 1.18. The van der Waals surface area contributed by atoms with Gasteiger partial charge in [0.2, 0.25) is 0 Å². The van der Waals surface area contributed by atoms with Crippen LogP contribution in [-0.2, 0) is 0 Å². The number of benzene rings is 3. The quantitative estimate of drug-likeness (QED) is 0.280. The first kappa shape index (κ1) is 27.1. The first-order valence-corrected chi connectivity index (χ1v) is 14.0. The van der Waals surface area contributed by atoms with E-state index in [1.165, 1.54) is 61.1 Å². The van der Waals surface area contributed by atoms with Crippen LogP contribution >= 0.6 is 11.6 Å². The van der Waals surface area contributed by atoms with E-state index in [1.807, 2.05) is 0 Å². The van der Waals surface area contributed by atoms with E-state index in [9.17, 15) is 8.78 Å². The van der Waals surface area contributed by atoms with Crippen molar-refractivity contribution in [2.24, 2.45) is 11.8 Å². The molecule has 0 heterocycles. The second-order valence-electron chi connectivity index (χ2n) is 11.1. The van der Waals surface area contributed by atoms with Crippen LogP contribution in [0.1, 0.15) is 81.3 Å². The highest BCUT2D eigenvalue weighted by atomic mass is 35.5.